The molecule has 0 aliphatic carbocycles. The molecule has 0 aliphatic heterocycles. The van der Waals surface area contributed by atoms with Crippen LogP contribution in [-0.2, 0) is 0 Å². The normalized spacial score (nSPS) is 11.9. The zero-order valence-corrected chi connectivity index (χ0v) is 10.6. The van der Waals surface area contributed by atoms with Crippen molar-refractivity contribution in [3.63, 3.8) is 0 Å². The molecule has 1 rings (SSSR count). The Hall–Kier alpha value is -0.310. The van der Waals surface area contributed by atoms with Crippen molar-refractivity contribution in [2.45, 2.75) is 6.92 Å². The second kappa shape index (κ2) is 5.54. The van der Waals surface area contributed by atoms with E-state index in [0.717, 1.165) is 21.6 Å². The highest BCUT2D eigenvalue weighted by Crippen LogP contribution is 2.24. The van der Waals surface area contributed by atoms with Gasteiger partial charge in [-0.05, 0) is 47.6 Å². The molecule has 1 aromatic rings. The predicted octanol–water partition coefficient (Wildman–Crippen LogP) is 3.73. The largest absolute Gasteiger partial charge is 0.316 e. The number of halogens is 2. The summed E-state index contributed by atoms with van der Waals surface area (Å²) in [6, 6.07) is 5.95. The minimum atomic E-state index is 0.746. The average molecular weight is 275 g/mol. The zero-order valence-electron chi connectivity index (χ0n) is 8.27. The molecule has 0 aliphatic rings. The summed E-state index contributed by atoms with van der Waals surface area (Å²) in [5.74, 6) is 0. The van der Waals surface area contributed by atoms with Crippen molar-refractivity contribution in [1.82, 2.24) is 5.32 Å². The molecule has 76 valence electrons. The number of hydrogen-bond acceptors (Lipinski definition) is 1. The van der Waals surface area contributed by atoms with Crippen LogP contribution in [0.2, 0.25) is 5.02 Å². The van der Waals surface area contributed by atoms with Gasteiger partial charge in [0.05, 0.1) is 5.02 Å². The quantitative estimate of drug-likeness (QED) is 0.886. The topological polar surface area (TPSA) is 12.0 Å². The second-order valence-corrected chi connectivity index (χ2v) is 4.46. The van der Waals surface area contributed by atoms with Gasteiger partial charge in [-0.2, -0.15) is 0 Å². The molecule has 0 spiro atoms. The van der Waals surface area contributed by atoms with E-state index in [0.29, 0.717) is 0 Å². The maximum absolute atomic E-state index is 5.98. The van der Waals surface area contributed by atoms with Crippen LogP contribution < -0.4 is 5.32 Å². The maximum atomic E-state index is 5.98. The molecule has 14 heavy (non-hydrogen) atoms. The van der Waals surface area contributed by atoms with Crippen molar-refractivity contribution >= 4 is 33.6 Å². The van der Waals surface area contributed by atoms with Gasteiger partial charge in [0.15, 0.2) is 0 Å². The smallest absolute Gasteiger partial charge is 0.0554 e. The minimum Gasteiger partial charge on any atom is -0.316 e. The Morgan fingerprint density at radius 1 is 1.57 bits per heavy atom. The second-order valence-electron chi connectivity index (χ2n) is 3.19. The molecular weight excluding hydrogens is 261 g/mol. The summed E-state index contributed by atoms with van der Waals surface area (Å²) in [4.78, 5) is 0. The Balaban J connectivity index is 2.87. The maximum Gasteiger partial charge on any atom is 0.0554 e. The summed E-state index contributed by atoms with van der Waals surface area (Å²) in [7, 11) is 1.94. The van der Waals surface area contributed by atoms with Gasteiger partial charge in [-0.3, -0.25) is 0 Å². The summed E-state index contributed by atoms with van der Waals surface area (Å²) < 4.78 is 0.933. The van der Waals surface area contributed by atoms with Crippen LogP contribution in [0.5, 0.6) is 0 Å². The van der Waals surface area contributed by atoms with Crippen molar-refractivity contribution in [3.05, 3.63) is 38.8 Å². The van der Waals surface area contributed by atoms with Gasteiger partial charge in [0, 0.05) is 11.0 Å². The third-order valence-corrected chi connectivity index (χ3v) is 3.04. The molecule has 1 N–H and O–H groups in total. The molecule has 1 nitrogen and oxygen atoms in total. The first-order valence-corrected chi connectivity index (χ1v) is 5.57. The average Bonchev–Trinajstić information content (AvgIpc) is 2.12. The van der Waals surface area contributed by atoms with Crippen LogP contribution in [0.4, 0.5) is 0 Å². The number of hydrogen-bond donors (Lipinski definition) is 1. The highest BCUT2D eigenvalue weighted by Gasteiger charge is 1.97. The molecular formula is C11H13BrClN. The minimum absolute atomic E-state index is 0.746. The SMILES string of the molecule is CNC/C(C)=C/c1ccc(Br)c(Cl)c1. The van der Waals surface area contributed by atoms with Crippen molar-refractivity contribution in [3.8, 4) is 0 Å². The van der Waals surface area contributed by atoms with Crippen LogP contribution >= 0.6 is 27.5 Å². The van der Waals surface area contributed by atoms with E-state index < -0.39 is 0 Å². The molecule has 0 amide bonds. The van der Waals surface area contributed by atoms with E-state index in [1.165, 1.54) is 5.57 Å². The van der Waals surface area contributed by atoms with Crippen LogP contribution in [0.3, 0.4) is 0 Å². The molecule has 0 fully saturated rings. The molecule has 0 unspecified atom stereocenters. The molecule has 0 bridgehead atoms. The lowest BCUT2D eigenvalue weighted by Crippen LogP contribution is -2.08. The lowest BCUT2D eigenvalue weighted by Gasteiger charge is -2.01. The Kier molecular flexibility index (Phi) is 4.66. The van der Waals surface area contributed by atoms with Gasteiger partial charge in [-0.1, -0.05) is 29.3 Å². The van der Waals surface area contributed by atoms with E-state index in [1.807, 2.05) is 25.2 Å². The van der Waals surface area contributed by atoms with E-state index in [2.05, 4.69) is 34.2 Å². The van der Waals surface area contributed by atoms with Gasteiger partial charge < -0.3 is 5.32 Å². The Bertz CT molecular complexity index is 347. The van der Waals surface area contributed by atoms with E-state index in [4.69, 9.17) is 11.6 Å². The third-order valence-electron chi connectivity index (χ3n) is 1.81. The number of benzene rings is 1. The summed E-state index contributed by atoms with van der Waals surface area (Å²) in [5.41, 5.74) is 2.41. The summed E-state index contributed by atoms with van der Waals surface area (Å²) in [6.07, 6.45) is 2.12. The molecule has 0 atom stereocenters. The lowest BCUT2D eigenvalue weighted by atomic mass is 10.1. The van der Waals surface area contributed by atoms with Crippen LogP contribution in [0.25, 0.3) is 6.08 Å². The highest BCUT2D eigenvalue weighted by molar-refractivity contribution is 9.10. The van der Waals surface area contributed by atoms with E-state index in [1.54, 1.807) is 0 Å². The van der Waals surface area contributed by atoms with Gasteiger partial charge in [0.1, 0.15) is 0 Å². The fourth-order valence-electron chi connectivity index (χ4n) is 1.22. The Morgan fingerprint density at radius 2 is 2.29 bits per heavy atom. The molecule has 3 heteroatoms. The van der Waals surface area contributed by atoms with Crippen molar-refractivity contribution in [2.24, 2.45) is 0 Å². The highest BCUT2D eigenvalue weighted by atomic mass is 79.9. The number of rotatable bonds is 3. The van der Waals surface area contributed by atoms with Crippen LogP contribution in [-0.4, -0.2) is 13.6 Å². The molecule has 0 radical (unpaired) electrons. The number of nitrogens with one attached hydrogen (secondary N) is 1. The lowest BCUT2D eigenvalue weighted by molar-refractivity contribution is 0.884. The fourth-order valence-corrected chi connectivity index (χ4v) is 1.65. The summed E-state index contributed by atoms with van der Waals surface area (Å²) >= 11 is 9.34. The van der Waals surface area contributed by atoms with Gasteiger partial charge in [-0.15, -0.1) is 0 Å². The monoisotopic (exact) mass is 273 g/mol. The molecule has 0 saturated heterocycles. The van der Waals surface area contributed by atoms with E-state index in [9.17, 15) is 0 Å². The molecule has 0 saturated carbocycles. The van der Waals surface area contributed by atoms with Crippen molar-refractivity contribution < 1.29 is 0 Å². The van der Waals surface area contributed by atoms with E-state index in [-0.39, 0.29) is 0 Å². The molecule has 0 aromatic heterocycles. The first kappa shape index (κ1) is 11.8. The Morgan fingerprint density at radius 3 is 2.86 bits per heavy atom. The van der Waals surface area contributed by atoms with Crippen molar-refractivity contribution in [2.75, 3.05) is 13.6 Å². The summed E-state index contributed by atoms with van der Waals surface area (Å²) in [6.45, 7) is 2.99. The van der Waals surface area contributed by atoms with Crippen molar-refractivity contribution in [1.29, 1.82) is 0 Å². The van der Waals surface area contributed by atoms with Gasteiger partial charge in [-0.25, -0.2) is 0 Å². The van der Waals surface area contributed by atoms with Gasteiger partial charge >= 0.3 is 0 Å². The predicted molar refractivity (Wildman–Crippen MR) is 66.7 cm³/mol. The van der Waals surface area contributed by atoms with Crippen LogP contribution in [0.1, 0.15) is 12.5 Å². The van der Waals surface area contributed by atoms with Gasteiger partial charge in [0.2, 0.25) is 0 Å². The third kappa shape index (κ3) is 3.45. The fraction of sp³-hybridized carbons (Fsp3) is 0.273. The standard InChI is InChI=1S/C11H13BrClN/c1-8(7-14-2)5-9-3-4-10(12)11(13)6-9/h3-6,14H,7H2,1-2H3/b8-5+. The molecule has 0 heterocycles. The van der Waals surface area contributed by atoms with Gasteiger partial charge in [0.25, 0.3) is 0 Å². The van der Waals surface area contributed by atoms with Crippen LogP contribution in [0.15, 0.2) is 28.2 Å². The molecule has 1 aromatic carbocycles. The number of likely N-dealkylation sites (N-methyl/N-ethyl adjacent to an activating group) is 1. The zero-order chi connectivity index (χ0) is 10.6. The first-order valence-electron chi connectivity index (χ1n) is 4.40. The van der Waals surface area contributed by atoms with E-state index >= 15 is 0 Å². The summed E-state index contributed by atoms with van der Waals surface area (Å²) in [5, 5.41) is 3.85. The first-order chi connectivity index (χ1) is 6.63. The Labute approximate surface area is 98.3 Å². The van der Waals surface area contributed by atoms with Crippen LogP contribution in [0, 0.1) is 0 Å².